The Morgan fingerprint density at radius 3 is 2.42 bits per heavy atom. The first-order valence-corrected chi connectivity index (χ1v) is 8.04. The normalized spacial score (nSPS) is 29.7. The van der Waals surface area contributed by atoms with Crippen molar-refractivity contribution < 1.29 is 0 Å². The summed E-state index contributed by atoms with van der Waals surface area (Å²) in [6, 6.07) is 11.8. The van der Waals surface area contributed by atoms with Crippen LogP contribution in [0.1, 0.15) is 63.4 Å². The highest BCUT2D eigenvalue weighted by Gasteiger charge is 2.33. The van der Waals surface area contributed by atoms with Gasteiger partial charge in [0.25, 0.3) is 0 Å². The summed E-state index contributed by atoms with van der Waals surface area (Å²) in [5.74, 6) is 0.804. The highest BCUT2D eigenvalue weighted by atomic mass is 14.9. The van der Waals surface area contributed by atoms with Crippen LogP contribution in [-0.2, 0) is 0 Å². The minimum Gasteiger partial charge on any atom is -0.313 e. The summed E-state index contributed by atoms with van der Waals surface area (Å²) in [6.07, 6.45) is 9.85. The van der Waals surface area contributed by atoms with Crippen molar-refractivity contribution in [3.05, 3.63) is 35.9 Å². The van der Waals surface area contributed by atoms with Crippen LogP contribution in [0.15, 0.2) is 30.3 Å². The van der Waals surface area contributed by atoms with E-state index in [1.807, 2.05) is 0 Å². The van der Waals surface area contributed by atoms with Gasteiger partial charge in [0.05, 0.1) is 0 Å². The molecule has 1 N–H and O–H groups in total. The SMILES string of the molecule is CC1(CNC2CC(c3ccccc3)C2)CCCCC1. The largest absolute Gasteiger partial charge is 0.313 e. The molecule has 0 amide bonds. The van der Waals surface area contributed by atoms with Crippen molar-refractivity contribution in [2.75, 3.05) is 6.54 Å². The van der Waals surface area contributed by atoms with Gasteiger partial charge in [0.1, 0.15) is 0 Å². The summed E-state index contributed by atoms with van der Waals surface area (Å²) in [5.41, 5.74) is 2.11. The molecule has 0 aliphatic heterocycles. The predicted molar refractivity (Wildman–Crippen MR) is 81.4 cm³/mol. The molecule has 0 radical (unpaired) electrons. The van der Waals surface area contributed by atoms with Gasteiger partial charge in [-0.25, -0.2) is 0 Å². The molecule has 1 nitrogen and oxygen atoms in total. The minimum atomic E-state index is 0.579. The van der Waals surface area contributed by atoms with E-state index in [9.17, 15) is 0 Å². The van der Waals surface area contributed by atoms with Crippen molar-refractivity contribution in [2.45, 2.75) is 63.8 Å². The number of nitrogens with one attached hydrogen (secondary N) is 1. The Balaban J connectivity index is 1.42. The second kappa shape index (κ2) is 5.66. The van der Waals surface area contributed by atoms with Crippen molar-refractivity contribution in [1.29, 1.82) is 0 Å². The van der Waals surface area contributed by atoms with Crippen LogP contribution in [0.4, 0.5) is 0 Å². The highest BCUT2D eigenvalue weighted by molar-refractivity contribution is 5.22. The van der Waals surface area contributed by atoms with Crippen molar-refractivity contribution in [3.8, 4) is 0 Å². The van der Waals surface area contributed by atoms with Crippen molar-refractivity contribution in [2.24, 2.45) is 5.41 Å². The van der Waals surface area contributed by atoms with Crippen LogP contribution < -0.4 is 5.32 Å². The summed E-state index contributed by atoms with van der Waals surface area (Å²) < 4.78 is 0. The summed E-state index contributed by atoms with van der Waals surface area (Å²) in [4.78, 5) is 0. The summed E-state index contributed by atoms with van der Waals surface area (Å²) in [7, 11) is 0. The van der Waals surface area contributed by atoms with Gasteiger partial charge in [0.2, 0.25) is 0 Å². The van der Waals surface area contributed by atoms with Gasteiger partial charge in [-0.05, 0) is 42.6 Å². The quantitative estimate of drug-likeness (QED) is 0.838. The molecule has 0 saturated heterocycles. The molecule has 0 unspecified atom stereocenters. The zero-order valence-corrected chi connectivity index (χ0v) is 12.2. The fraction of sp³-hybridized carbons (Fsp3) is 0.667. The van der Waals surface area contributed by atoms with E-state index in [1.165, 1.54) is 57.1 Å². The Morgan fingerprint density at radius 2 is 1.74 bits per heavy atom. The van der Waals surface area contributed by atoms with E-state index in [1.54, 1.807) is 0 Å². The van der Waals surface area contributed by atoms with Crippen LogP contribution in [0.3, 0.4) is 0 Å². The van der Waals surface area contributed by atoms with Gasteiger partial charge in [-0.1, -0.05) is 56.5 Å². The highest BCUT2D eigenvalue weighted by Crippen LogP contribution is 2.39. The molecule has 2 saturated carbocycles. The maximum atomic E-state index is 3.83. The van der Waals surface area contributed by atoms with Gasteiger partial charge in [-0.3, -0.25) is 0 Å². The lowest BCUT2D eigenvalue weighted by Gasteiger charge is -2.40. The van der Waals surface area contributed by atoms with Crippen LogP contribution in [0.5, 0.6) is 0 Å². The molecule has 104 valence electrons. The van der Waals surface area contributed by atoms with Gasteiger partial charge in [-0.2, -0.15) is 0 Å². The lowest BCUT2D eigenvalue weighted by molar-refractivity contribution is 0.178. The van der Waals surface area contributed by atoms with E-state index in [0.29, 0.717) is 5.41 Å². The second-order valence-corrected chi connectivity index (χ2v) is 7.03. The van der Waals surface area contributed by atoms with Gasteiger partial charge < -0.3 is 5.32 Å². The van der Waals surface area contributed by atoms with Crippen LogP contribution in [0.2, 0.25) is 0 Å². The van der Waals surface area contributed by atoms with Crippen molar-refractivity contribution in [3.63, 3.8) is 0 Å². The molecule has 0 heterocycles. The number of rotatable bonds is 4. The molecule has 3 rings (SSSR count). The van der Waals surface area contributed by atoms with Crippen molar-refractivity contribution in [1.82, 2.24) is 5.32 Å². The average Bonchev–Trinajstić information content (AvgIpc) is 2.39. The zero-order valence-electron chi connectivity index (χ0n) is 12.2. The summed E-state index contributed by atoms with van der Waals surface area (Å²) in [5, 5.41) is 3.83. The Kier molecular flexibility index (Phi) is 3.93. The molecular weight excluding hydrogens is 230 g/mol. The molecule has 0 atom stereocenters. The second-order valence-electron chi connectivity index (χ2n) is 7.03. The van der Waals surface area contributed by atoms with E-state index in [4.69, 9.17) is 0 Å². The molecule has 19 heavy (non-hydrogen) atoms. The average molecular weight is 257 g/mol. The molecule has 0 bridgehead atoms. The van der Waals surface area contributed by atoms with E-state index in [0.717, 1.165) is 12.0 Å². The first-order chi connectivity index (χ1) is 9.25. The molecule has 1 aromatic rings. The Labute approximate surface area is 117 Å². The van der Waals surface area contributed by atoms with E-state index in [2.05, 4.69) is 42.6 Å². The predicted octanol–water partition coefficient (Wildman–Crippen LogP) is 4.49. The van der Waals surface area contributed by atoms with Gasteiger partial charge in [0.15, 0.2) is 0 Å². The van der Waals surface area contributed by atoms with Crippen LogP contribution in [0, 0.1) is 5.41 Å². The smallest absolute Gasteiger partial charge is 0.00789 e. The van der Waals surface area contributed by atoms with Crippen LogP contribution >= 0.6 is 0 Å². The Bertz CT molecular complexity index is 385. The molecule has 1 heteroatoms. The summed E-state index contributed by atoms with van der Waals surface area (Å²) >= 11 is 0. The number of benzene rings is 1. The molecule has 0 spiro atoms. The fourth-order valence-electron chi connectivity index (χ4n) is 3.75. The lowest BCUT2D eigenvalue weighted by Crippen LogP contribution is -2.45. The monoisotopic (exact) mass is 257 g/mol. The third kappa shape index (κ3) is 3.20. The van der Waals surface area contributed by atoms with Gasteiger partial charge >= 0.3 is 0 Å². The van der Waals surface area contributed by atoms with E-state index >= 15 is 0 Å². The first kappa shape index (κ1) is 13.2. The molecule has 2 fully saturated rings. The van der Waals surface area contributed by atoms with E-state index in [-0.39, 0.29) is 0 Å². The van der Waals surface area contributed by atoms with Gasteiger partial charge in [0, 0.05) is 12.6 Å². The van der Waals surface area contributed by atoms with E-state index < -0.39 is 0 Å². The zero-order chi connectivity index (χ0) is 13.1. The third-order valence-electron chi connectivity index (χ3n) is 5.29. The summed E-state index contributed by atoms with van der Waals surface area (Å²) in [6.45, 7) is 3.71. The third-order valence-corrected chi connectivity index (χ3v) is 5.29. The fourth-order valence-corrected chi connectivity index (χ4v) is 3.75. The number of hydrogen-bond donors (Lipinski definition) is 1. The molecule has 1 aromatic carbocycles. The van der Waals surface area contributed by atoms with Crippen LogP contribution in [-0.4, -0.2) is 12.6 Å². The maximum absolute atomic E-state index is 3.83. The lowest BCUT2D eigenvalue weighted by atomic mass is 9.73. The Morgan fingerprint density at radius 1 is 1.05 bits per heavy atom. The van der Waals surface area contributed by atoms with Crippen LogP contribution in [0.25, 0.3) is 0 Å². The maximum Gasteiger partial charge on any atom is 0.00789 e. The molecule has 2 aliphatic rings. The molecular formula is C18H27N. The molecule has 0 aromatic heterocycles. The molecule has 2 aliphatic carbocycles. The standard InChI is InChI=1S/C18H27N/c1-18(10-6-3-7-11-18)14-19-17-12-16(13-17)15-8-4-2-5-9-15/h2,4-5,8-9,16-17,19H,3,6-7,10-14H2,1H3. The topological polar surface area (TPSA) is 12.0 Å². The van der Waals surface area contributed by atoms with Gasteiger partial charge in [-0.15, -0.1) is 0 Å². The number of hydrogen-bond acceptors (Lipinski definition) is 1. The minimum absolute atomic E-state index is 0.579. The Hall–Kier alpha value is -0.820. The van der Waals surface area contributed by atoms with Crippen molar-refractivity contribution >= 4 is 0 Å². The first-order valence-electron chi connectivity index (χ1n) is 8.04.